The van der Waals surface area contributed by atoms with Crippen molar-refractivity contribution >= 4 is 29.1 Å². The topological polar surface area (TPSA) is 12.0 Å². The van der Waals surface area contributed by atoms with E-state index in [1.807, 2.05) is 11.8 Å². The Morgan fingerprint density at radius 1 is 1.26 bits per heavy atom. The van der Waals surface area contributed by atoms with E-state index in [0.717, 1.165) is 18.0 Å². The molecule has 0 radical (unpaired) electrons. The standard InChI is InChI=1S/C15H13ClFNS/c16-11-5-12(17)7-13(6-11)18-8-10-9-19-15-4-2-1-3-14(10)15/h1-7,10,18H,8-9H2. The molecule has 1 aliphatic heterocycles. The molecule has 0 fully saturated rings. The molecule has 19 heavy (non-hydrogen) atoms. The summed E-state index contributed by atoms with van der Waals surface area (Å²) in [7, 11) is 0. The molecule has 0 aliphatic carbocycles. The number of anilines is 1. The lowest BCUT2D eigenvalue weighted by Crippen LogP contribution is -2.12. The Kier molecular flexibility index (Phi) is 3.67. The Balaban J connectivity index is 1.70. The van der Waals surface area contributed by atoms with E-state index in [1.165, 1.54) is 22.6 Å². The van der Waals surface area contributed by atoms with Crippen LogP contribution >= 0.6 is 23.4 Å². The normalized spacial score (nSPS) is 17.3. The van der Waals surface area contributed by atoms with Gasteiger partial charge in [0.05, 0.1) is 0 Å². The zero-order chi connectivity index (χ0) is 13.2. The molecule has 0 saturated carbocycles. The number of halogens is 2. The summed E-state index contributed by atoms with van der Waals surface area (Å²) in [6, 6.07) is 13.0. The fourth-order valence-corrected chi connectivity index (χ4v) is 3.77. The first-order valence-corrected chi connectivity index (χ1v) is 7.50. The van der Waals surface area contributed by atoms with E-state index in [4.69, 9.17) is 11.6 Å². The lowest BCUT2D eigenvalue weighted by atomic mass is 10.0. The third-order valence-corrected chi connectivity index (χ3v) is 4.68. The number of fused-ring (bicyclic) bond motifs is 1. The van der Waals surface area contributed by atoms with Crippen LogP contribution in [0.4, 0.5) is 10.1 Å². The molecule has 1 heterocycles. The van der Waals surface area contributed by atoms with Gasteiger partial charge in [0.1, 0.15) is 5.82 Å². The Labute approximate surface area is 121 Å². The molecule has 2 aromatic rings. The van der Waals surface area contributed by atoms with Gasteiger partial charge < -0.3 is 5.32 Å². The van der Waals surface area contributed by atoms with Gasteiger partial charge in [0.15, 0.2) is 0 Å². The second-order valence-electron chi connectivity index (χ2n) is 4.58. The van der Waals surface area contributed by atoms with Gasteiger partial charge >= 0.3 is 0 Å². The third kappa shape index (κ3) is 2.88. The van der Waals surface area contributed by atoms with Crippen molar-refractivity contribution in [2.45, 2.75) is 10.8 Å². The second kappa shape index (κ2) is 5.43. The van der Waals surface area contributed by atoms with Crippen LogP contribution in [0.5, 0.6) is 0 Å². The van der Waals surface area contributed by atoms with Crippen molar-refractivity contribution in [3.8, 4) is 0 Å². The second-order valence-corrected chi connectivity index (χ2v) is 6.08. The van der Waals surface area contributed by atoms with E-state index in [2.05, 4.69) is 29.6 Å². The molecule has 1 N–H and O–H groups in total. The van der Waals surface area contributed by atoms with Crippen molar-refractivity contribution in [3.05, 3.63) is 58.9 Å². The number of nitrogens with one attached hydrogen (secondary N) is 1. The zero-order valence-electron chi connectivity index (χ0n) is 10.2. The lowest BCUT2D eigenvalue weighted by Gasteiger charge is -2.13. The molecule has 0 bridgehead atoms. The van der Waals surface area contributed by atoms with E-state index in [1.54, 1.807) is 6.07 Å². The molecular weight excluding hydrogens is 281 g/mol. The fraction of sp³-hybridized carbons (Fsp3) is 0.200. The van der Waals surface area contributed by atoms with Crippen LogP contribution in [0.15, 0.2) is 47.4 Å². The van der Waals surface area contributed by atoms with Crippen molar-refractivity contribution < 1.29 is 4.39 Å². The number of hydrogen-bond donors (Lipinski definition) is 1. The van der Waals surface area contributed by atoms with Gasteiger partial charge in [-0.3, -0.25) is 0 Å². The van der Waals surface area contributed by atoms with Gasteiger partial charge in [-0.25, -0.2) is 4.39 Å². The fourth-order valence-electron chi connectivity index (χ4n) is 2.30. The molecular formula is C15H13ClFNS. The maximum Gasteiger partial charge on any atom is 0.126 e. The highest BCUT2D eigenvalue weighted by molar-refractivity contribution is 7.99. The van der Waals surface area contributed by atoms with Gasteiger partial charge in [-0.1, -0.05) is 29.8 Å². The molecule has 98 valence electrons. The molecule has 1 aliphatic rings. The first-order valence-electron chi connectivity index (χ1n) is 6.14. The van der Waals surface area contributed by atoms with Gasteiger partial charge in [0, 0.05) is 33.8 Å². The van der Waals surface area contributed by atoms with Crippen molar-refractivity contribution in [1.29, 1.82) is 0 Å². The minimum Gasteiger partial charge on any atom is -0.384 e. The molecule has 2 aromatic carbocycles. The Morgan fingerprint density at radius 3 is 2.95 bits per heavy atom. The summed E-state index contributed by atoms with van der Waals surface area (Å²) in [6.07, 6.45) is 0. The Bertz CT molecular complexity index is 582. The van der Waals surface area contributed by atoms with Crippen molar-refractivity contribution in [2.75, 3.05) is 17.6 Å². The van der Waals surface area contributed by atoms with Gasteiger partial charge in [0.2, 0.25) is 0 Å². The molecule has 0 spiro atoms. The predicted molar refractivity (Wildman–Crippen MR) is 79.8 cm³/mol. The minimum absolute atomic E-state index is 0.309. The molecule has 1 nitrogen and oxygen atoms in total. The number of hydrogen-bond acceptors (Lipinski definition) is 2. The summed E-state index contributed by atoms with van der Waals surface area (Å²) in [6.45, 7) is 0.795. The number of benzene rings is 2. The summed E-state index contributed by atoms with van der Waals surface area (Å²) >= 11 is 7.72. The van der Waals surface area contributed by atoms with Crippen LogP contribution in [0.2, 0.25) is 5.02 Å². The van der Waals surface area contributed by atoms with Crippen molar-refractivity contribution in [1.82, 2.24) is 0 Å². The van der Waals surface area contributed by atoms with Gasteiger partial charge in [-0.2, -0.15) is 0 Å². The predicted octanol–water partition coefficient (Wildman–Crippen LogP) is 4.78. The maximum absolute atomic E-state index is 13.2. The summed E-state index contributed by atoms with van der Waals surface area (Å²) in [5, 5.41) is 3.69. The smallest absolute Gasteiger partial charge is 0.126 e. The first kappa shape index (κ1) is 12.8. The largest absolute Gasteiger partial charge is 0.384 e. The van der Waals surface area contributed by atoms with Crippen LogP contribution < -0.4 is 5.32 Å². The van der Waals surface area contributed by atoms with Crippen molar-refractivity contribution in [3.63, 3.8) is 0 Å². The van der Waals surface area contributed by atoms with E-state index < -0.39 is 0 Å². The number of thioether (sulfide) groups is 1. The molecule has 0 saturated heterocycles. The first-order chi connectivity index (χ1) is 9.22. The monoisotopic (exact) mass is 293 g/mol. The van der Waals surface area contributed by atoms with E-state index in [-0.39, 0.29) is 5.82 Å². The summed E-state index contributed by atoms with van der Waals surface area (Å²) < 4.78 is 13.2. The van der Waals surface area contributed by atoms with E-state index in [0.29, 0.717) is 10.9 Å². The average molecular weight is 294 g/mol. The Morgan fingerprint density at radius 2 is 2.11 bits per heavy atom. The highest BCUT2D eigenvalue weighted by Crippen LogP contribution is 2.39. The van der Waals surface area contributed by atoms with Crippen LogP contribution in [0.3, 0.4) is 0 Å². The van der Waals surface area contributed by atoms with Crippen LogP contribution in [0, 0.1) is 5.82 Å². The van der Waals surface area contributed by atoms with Crippen LogP contribution in [-0.4, -0.2) is 12.3 Å². The molecule has 3 rings (SSSR count). The summed E-state index contributed by atoms with van der Waals surface area (Å²) in [4.78, 5) is 1.35. The maximum atomic E-state index is 13.2. The third-order valence-electron chi connectivity index (χ3n) is 3.21. The molecule has 1 atom stereocenters. The van der Waals surface area contributed by atoms with Crippen LogP contribution in [0.25, 0.3) is 0 Å². The van der Waals surface area contributed by atoms with E-state index in [9.17, 15) is 4.39 Å². The highest BCUT2D eigenvalue weighted by Gasteiger charge is 2.22. The highest BCUT2D eigenvalue weighted by atomic mass is 35.5. The summed E-state index contributed by atoms with van der Waals surface area (Å²) in [5.41, 5.74) is 2.11. The van der Waals surface area contributed by atoms with Crippen LogP contribution in [0.1, 0.15) is 11.5 Å². The summed E-state index contributed by atoms with van der Waals surface area (Å²) in [5.74, 6) is 1.22. The van der Waals surface area contributed by atoms with E-state index >= 15 is 0 Å². The molecule has 1 unspecified atom stereocenters. The number of rotatable bonds is 3. The van der Waals surface area contributed by atoms with Crippen LogP contribution in [-0.2, 0) is 0 Å². The zero-order valence-corrected chi connectivity index (χ0v) is 11.8. The molecule has 0 amide bonds. The van der Waals surface area contributed by atoms with Gasteiger partial charge in [0.25, 0.3) is 0 Å². The molecule has 4 heteroatoms. The lowest BCUT2D eigenvalue weighted by molar-refractivity contribution is 0.628. The van der Waals surface area contributed by atoms with Gasteiger partial charge in [-0.15, -0.1) is 11.8 Å². The van der Waals surface area contributed by atoms with Gasteiger partial charge in [-0.05, 0) is 29.8 Å². The minimum atomic E-state index is -0.309. The quantitative estimate of drug-likeness (QED) is 0.874. The SMILES string of the molecule is Fc1cc(Cl)cc(NCC2CSc3ccccc32)c1. The Hall–Kier alpha value is -1.19. The average Bonchev–Trinajstić information content (AvgIpc) is 2.78. The van der Waals surface area contributed by atoms with Crippen molar-refractivity contribution in [2.24, 2.45) is 0 Å². The molecule has 0 aromatic heterocycles.